The smallest absolute Gasteiger partial charge is 0.236 e. The number of benzene rings is 1. The Morgan fingerprint density at radius 2 is 1.78 bits per heavy atom. The van der Waals surface area contributed by atoms with Crippen molar-refractivity contribution in [1.29, 1.82) is 0 Å². The molecule has 0 aromatic heterocycles. The van der Waals surface area contributed by atoms with Crippen LogP contribution in [0, 0.1) is 6.92 Å². The van der Waals surface area contributed by atoms with E-state index in [-0.39, 0.29) is 18.0 Å². The third kappa shape index (κ3) is 4.15. The molecule has 18 heavy (non-hydrogen) atoms. The Balaban J connectivity index is 2.48. The topological polar surface area (TPSA) is 32.3 Å². The van der Waals surface area contributed by atoms with Crippen molar-refractivity contribution in [2.45, 2.75) is 39.8 Å². The first-order valence-corrected chi connectivity index (χ1v) is 6.47. The molecule has 1 rings (SSSR count). The summed E-state index contributed by atoms with van der Waals surface area (Å²) in [6.07, 6.45) is 0. The van der Waals surface area contributed by atoms with Gasteiger partial charge in [-0.25, -0.2) is 0 Å². The highest BCUT2D eigenvalue weighted by atomic mass is 16.2. The minimum atomic E-state index is 0.129. The highest BCUT2D eigenvalue weighted by molar-refractivity contribution is 5.78. The lowest BCUT2D eigenvalue weighted by Gasteiger charge is -2.23. The van der Waals surface area contributed by atoms with Crippen LogP contribution in [0.4, 0.5) is 0 Å². The van der Waals surface area contributed by atoms with E-state index in [2.05, 4.69) is 43.4 Å². The van der Waals surface area contributed by atoms with E-state index < -0.39 is 0 Å². The second kappa shape index (κ2) is 6.55. The molecule has 1 unspecified atom stereocenters. The van der Waals surface area contributed by atoms with Gasteiger partial charge in [0.05, 0.1) is 6.54 Å². The molecule has 0 aliphatic heterocycles. The maximum absolute atomic E-state index is 11.8. The van der Waals surface area contributed by atoms with E-state index in [0.29, 0.717) is 6.54 Å². The number of hydrogen-bond donors (Lipinski definition) is 1. The van der Waals surface area contributed by atoms with Gasteiger partial charge in [0, 0.05) is 19.1 Å². The number of carbonyl (C=O) groups is 1. The zero-order valence-corrected chi connectivity index (χ0v) is 12.0. The molecular weight excluding hydrogens is 224 g/mol. The molecule has 0 spiro atoms. The van der Waals surface area contributed by atoms with E-state index in [1.54, 1.807) is 4.90 Å². The lowest BCUT2D eigenvalue weighted by molar-refractivity contribution is -0.130. The Morgan fingerprint density at radius 1 is 1.22 bits per heavy atom. The summed E-state index contributed by atoms with van der Waals surface area (Å²) in [5, 5.41) is 3.26. The van der Waals surface area contributed by atoms with Crippen molar-refractivity contribution < 1.29 is 4.79 Å². The van der Waals surface area contributed by atoms with E-state index in [0.717, 1.165) is 0 Å². The monoisotopic (exact) mass is 248 g/mol. The maximum Gasteiger partial charge on any atom is 0.236 e. The summed E-state index contributed by atoms with van der Waals surface area (Å²) >= 11 is 0. The molecular formula is C15H24N2O. The number of carbonyl (C=O) groups excluding carboxylic acids is 1. The number of nitrogens with zero attached hydrogens (tertiary/aromatic N) is 1. The summed E-state index contributed by atoms with van der Waals surface area (Å²) in [6.45, 7) is 8.56. The van der Waals surface area contributed by atoms with Crippen LogP contribution in [0.1, 0.15) is 37.9 Å². The average Bonchev–Trinajstić information content (AvgIpc) is 2.35. The molecule has 1 aromatic carbocycles. The Bertz CT molecular complexity index is 384. The maximum atomic E-state index is 11.8. The molecule has 0 saturated carbocycles. The van der Waals surface area contributed by atoms with Gasteiger partial charge in [0.1, 0.15) is 0 Å². The van der Waals surface area contributed by atoms with Gasteiger partial charge in [0.15, 0.2) is 0 Å². The quantitative estimate of drug-likeness (QED) is 0.868. The first-order valence-electron chi connectivity index (χ1n) is 6.47. The molecule has 0 aliphatic carbocycles. The first-order chi connectivity index (χ1) is 8.41. The number of nitrogens with one attached hydrogen (secondary N) is 1. The van der Waals surface area contributed by atoms with Crippen LogP contribution in [0.15, 0.2) is 24.3 Å². The van der Waals surface area contributed by atoms with Crippen molar-refractivity contribution in [2.24, 2.45) is 0 Å². The fourth-order valence-electron chi connectivity index (χ4n) is 1.63. The Labute approximate surface area is 110 Å². The van der Waals surface area contributed by atoms with Crippen molar-refractivity contribution in [3.8, 4) is 0 Å². The van der Waals surface area contributed by atoms with Crippen LogP contribution in [-0.2, 0) is 4.79 Å². The summed E-state index contributed by atoms with van der Waals surface area (Å²) in [5.74, 6) is 0.129. The van der Waals surface area contributed by atoms with Gasteiger partial charge in [0.25, 0.3) is 0 Å². The molecule has 3 heteroatoms. The van der Waals surface area contributed by atoms with Crippen LogP contribution in [0.25, 0.3) is 0 Å². The van der Waals surface area contributed by atoms with Gasteiger partial charge < -0.3 is 10.2 Å². The minimum absolute atomic E-state index is 0.129. The van der Waals surface area contributed by atoms with Gasteiger partial charge in [-0.05, 0) is 33.3 Å². The van der Waals surface area contributed by atoms with Crippen LogP contribution in [-0.4, -0.2) is 30.4 Å². The Kier molecular flexibility index (Phi) is 5.35. The lowest BCUT2D eigenvalue weighted by Crippen LogP contribution is -2.40. The van der Waals surface area contributed by atoms with Gasteiger partial charge in [0.2, 0.25) is 5.91 Å². The van der Waals surface area contributed by atoms with Crippen LogP contribution in [0.2, 0.25) is 0 Å². The average molecular weight is 248 g/mol. The van der Waals surface area contributed by atoms with E-state index in [9.17, 15) is 4.79 Å². The largest absolute Gasteiger partial charge is 0.342 e. The summed E-state index contributed by atoms with van der Waals surface area (Å²) in [5.41, 5.74) is 2.46. The predicted octanol–water partition coefficient (Wildman–Crippen LogP) is 2.51. The standard InChI is InChI=1S/C15H24N2O/c1-11(2)17(5)15(18)10-16-13(4)14-8-6-12(3)7-9-14/h6-9,11,13,16H,10H2,1-5H3. The second-order valence-electron chi connectivity index (χ2n) is 5.11. The molecule has 100 valence electrons. The van der Waals surface area contributed by atoms with Gasteiger partial charge in [-0.2, -0.15) is 0 Å². The van der Waals surface area contributed by atoms with Crippen LogP contribution in [0.3, 0.4) is 0 Å². The first kappa shape index (κ1) is 14.7. The molecule has 0 bridgehead atoms. The van der Waals surface area contributed by atoms with Crippen LogP contribution >= 0.6 is 0 Å². The van der Waals surface area contributed by atoms with Gasteiger partial charge in [-0.3, -0.25) is 4.79 Å². The second-order valence-corrected chi connectivity index (χ2v) is 5.11. The third-order valence-corrected chi connectivity index (χ3v) is 3.30. The van der Waals surface area contributed by atoms with E-state index >= 15 is 0 Å². The molecule has 1 N–H and O–H groups in total. The molecule has 3 nitrogen and oxygen atoms in total. The Hall–Kier alpha value is -1.35. The summed E-state index contributed by atoms with van der Waals surface area (Å²) < 4.78 is 0. The third-order valence-electron chi connectivity index (χ3n) is 3.30. The van der Waals surface area contributed by atoms with Crippen molar-refractivity contribution in [3.05, 3.63) is 35.4 Å². The number of likely N-dealkylation sites (N-methyl/N-ethyl adjacent to an activating group) is 1. The van der Waals surface area contributed by atoms with Crippen LogP contribution in [0.5, 0.6) is 0 Å². The summed E-state index contributed by atoms with van der Waals surface area (Å²) in [7, 11) is 1.84. The minimum Gasteiger partial charge on any atom is -0.342 e. The van der Waals surface area contributed by atoms with Crippen LogP contribution < -0.4 is 5.32 Å². The number of amides is 1. The molecule has 0 heterocycles. The highest BCUT2D eigenvalue weighted by Crippen LogP contribution is 2.12. The molecule has 1 amide bonds. The van der Waals surface area contributed by atoms with Crippen molar-refractivity contribution in [2.75, 3.05) is 13.6 Å². The van der Waals surface area contributed by atoms with E-state index in [4.69, 9.17) is 0 Å². The molecule has 1 atom stereocenters. The molecule has 0 aliphatic rings. The molecule has 1 aromatic rings. The Morgan fingerprint density at radius 3 is 2.28 bits per heavy atom. The SMILES string of the molecule is Cc1ccc(C(C)NCC(=O)N(C)C(C)C)cc1. The molecule has 0 saturated heterocycles. The highest BCUT2D eigenvalue weighted by Gasteiger charge is 2.13. The number of hydrogen-bond acceptors (Lipinski definition) is 2. The van der Waals surface area contributed by atoms with Gasteiger partial charge in [-0.15, -0.1) is 0 Å². The molecule has 0 radical (unpaired) electrons. The number of aryl methyl sites for hydroxylation is 1. The normalized spacial score (nSPS) is 12.6. The number of rotatable bonds is 5. The van der Waals surface area contributed by atoms with Crippen molar-refractivity contribution >= 4 is 5.91 Å². The van der Waals surface area contributed by atoms with E-state index in [1.165, 1.54) is 11.1 Å². The zero-order chi connectivity index (χ0) is 13.7. The van der Waals surface area contributed by atoms with Gasteiger partial charge >= 0.3 is 0 Å². The fraction of sp³-hybridized carbons (Fsp3) is 0.533. The lowest BCUT2D eigenvalue weighted by atomic mass is 10.1. The zero-order valence-electron chi connectivity index (χ0n) is 12.0. The van der Waals surface area contributed by atoms with Crippen molar-refractivity contribution in [1.82, 2.24) is 10.2 Å². The summed E-state index contributed by atoms with van der Waals surface area (Å²) in [6, 6.07) is 8.82. The van der Waals surface area contributed by atoms with Crippen molar-refractivity contribution in [3.63, 3.8) is 0 Å². The fourth-order valence-corrected chi connectivity index (χ4v) is 1.63. The predicted molar refractivity (Wildman–Crippen MR) is 75.5 cm³/mol. The van der Waals surface area contributed by atoms with E-state index in [1.807, 2.05) is 20.9 Å². The summed E-state index contributed by atoms with van der Waals surface area (Å²) in [4.78, 5) is 13.6. The van der Waals surface area contributed by atoms with Gasteiger partial charge in [-0.1, -0.05) is 29.8 Å². The molecule has 0 fully saturated rings.